The lowest BCUT2D eigenvalue weighted by Gasteiger charge is -2.13. The highest BCUT2D eigenvalue weighted by atomic mass is 16.6. The van der Waals surface area contributed by atoms with E-state index < -0.39 is 42.0 Å². The maximum atomic E-state index is 11.9. The van der Waals surface area contributed by atoms with Crippen molar-refractivity contribution in [3.63, 3.8) is 0 Å². The van der Waals surface area contributed by atoms with E-state index in [0.717, 1.165) is 0 Å². The van der Waals surface area contributed by atoms with Gasteiger partial charge in [0.1, 0.15) is 18.1 Å². The second-order valence-electron chi connectivity index (χ2n) is 6.79. The predicted molar refractivity (Wildman–Crippen MR) is 115 cm³/mol. The van der Waals surface area contributed by atoms with Crippen LogP contribution in [0.4, 0.5) is 0 Å². The highest BCUT2D eigenvalue weighted by Gasteiger charge is 2.25. The SMILES string of the molecule is NC(N)=NCCC[C@@H](N)C(=O)OC(=O)CC[C@@H](N)C(=O)OC(=O)[C@@H](N)CCCN=C(N)N. The van der Waals surface area contributed by atoms with E-state index in [1.54, 1.807) is 0 Å². The second kappa shape index (κ2) is 15.5. The number of nitrogens with zero attached hydrogens (tertiary/aromatic N) is 2. The number of hydrogen-bond acceptors (Lipinski definition) is 11. The van der Waals surface area contributed by atoms with Crippen LogP contribution >= 0.6 is 0 Å². The second-order valence-corrected chi connectivity index (χ2v) is 6.79. The lowest BCUT2D eigenvalue weighted by Crippen LogP contribution is -2.40. The van der Waals surface area contributed by atoms with Crippen molar-refractivity contribution in [1.29, 1.82) is 0 Å². The minimum absolute atomic E-state index is 0.0854. The Morgan fingerprint density at radius 2 is 1.00 bits per heavy atom. The molecule has 0 fully saturated rings. The monoisotopic (exact) mass is 459 g/mol. The van der Waals surface area contributed by atoms with Crippen LogP contribution < -0.4 is 40.1 Å². The van der Waals surface area contributed by atoms with Crippen LogP contribution in [0.25, 0.3) is 0 Å². The number of hydrogen-bond donors (Lipinski definition) is 7. The third-order valence-corrected chi connectivity index (χ3v) is 3.92. The van der Waals surface area contributed by atoms with Gasteiger partial charge in [-0.25, -0.2) is 14.4 Å². The molecule has 0 spiro atoms. The van der Waals surface area contributed by atoms with Gasteiger partial charge < -0.3 is 49.6 Å². The summed E-state index contributed by atoms with van der Waals surface area (Å²) in [4.78, 5) is 54.7. The van der Waals surface area contributed by atoms with E-state index in [0.29, 0.717) is 12.8 Å². The van der Waals surface area contributed by atoms with E-state index in [4.69, 9.17) is 40.1 Å². The van der Waals surface area contributed by atoms with Crippen LogP contribution in [0.15, 0.2) is 9.98 Å². The van der Waals surface area contributed by atoms with Crippen molar-refractivity contribution in [2.45, 2.75) is 56.7 Å². The molecule has 0 aromatic rings. The average Bonchev–Trinajstić information content (AvgIpc) is 2.71. The largest absolute Gasteiger partial charge is 0.392 e. The lowest BCUT2D eigenvalue weighted by atomic mass is 10.1. The summed E-state index contributed by atoms with van der Waals surface area (Å²) < 4.78 is 9.20. The molecule has 15 heteroatoms. The van der Waals surface area contributed by atoms with Gasteiger partial charge in [0.25, 0.3) is 0 Å². The van der Waals surface area contributed by atoms with Crippen LogP contribution in [0.2, 0.25) is 0 Å². The summed E-state index contributed by atoms with van der Waals surface area (Å²) in [5.41, 5.74) is 37.5. The predicted octanol–water partition coefficient (Wildman–Crippen LogP) is -4.00. The quantitative estimate of drug-likeness (QED) is 0.0428. The summed E-state index contributed by atoms with van der Waals surface area (Å²) in [6.07, 6.45) is 0.579. The molecule has 0 amide bonds. The highest BCUT2D eigenvalue weighted by molar-refractivity contribution is 5.91. The van der Waals surface area contributed by atoms with E-state index in [1.807, 2.05) is 0 Å². The zero-order valence-corrected chi connectivity index (χ0v) is 17.8. The summed E-state index contributed by atoms with van der Waals surface area (Å²) in [6.45, 7) is 0.532. The molecule has 32 heavy (non-hydrogen) atoms. The Morgan fingerprint density at radius 3 is 1.41 bits per heavy atom. The third-order valence-electron chi connectivity index (χ3n) is 3.92. The Bertz CT molecular complexity index is 705. The summed E-state index contributed by atoms with van der Waals surface area (Å²) in [5, 5.41) is 0. The number of rotatable bonds is 14. The number of carbonyl (C=O) groups excluding carboxylic acids is 4. The van der Waals surface area contributed by atoms with Gasteiger partial charge in [0.05, 0.1) is 0 Å². The van der Waals surface area contributed by atoms with Gasteiger partial charge in [0.15, 0.2) is 11.9 Å². The molecule has 0 bridgehead atoms. The van der Waals surface area contributed by atoms with E-state index >= 15 is 0 Å². The first-order valence-corrected chi connectivity index (χ1v) is 9.81. The smallest absolute Gasteiger partial charge is 0.330 e. The first-order chi connectivity index (χ1) is 14.9. The summed E-state index contributed by atoms with van der Waals surface area (Å²) in [6, 6.07) is -3.42. The first-order valence-electron chi connectivity index (χ1n) is 9.81. The molecule has 0 aromatic carbocycles. The molecular formula is C17H33N9O6. The fourth-order valence-electron chi connectivity index (χ4n) is 2.16. The van der Waals surface area contributed by atoms with Gasteiger partial charge in [-0.3, -0.25) is 14.8 Å². The molecule has 0 aliphatic rings. The van der Waals surface area contributed by atoms with Crippen LogP contribution in [0.5, 0.6) is 0 Å². The standard InChI is InChI=1S/C17H33N9O6/c18-9(3-1-7-25-16(21)22)13(28)31-12(27)6-5-11(20)15(30)32-14(29)10(19)4-2-8-26-17(23)24/h9-11H,1-8,18-20H2,(H4,21,22,25)(H4,23,24,26)/t9-,10+,11-/m1/s1. The van der Waals surface area contributed by atoms with E-state index in [9.17, 15) is 19.2 Å². The van der Waals surface area contributed by atoms with Gasteiger partial charge in [-0.15, -0.1) is 0 Å². The molecular weight excluding hydrogens is 426 g/mol. The number of aliphatic imine (C=N–C) groups is 2. The fourth-order valence-corrected chi connectivity index (χ4v) is 2.16. The van der Waals surface area contributed by atoms with Gasteiger partial charge in [-0.1, -0.05) is 0 Å². The molecule has 0 radical (unpaired) electrons. The molecule has 0 unspecified atom stereocenters. The number of nitrogens with two attached hydrogens (primary N) is 7. The minimum atomic E-state index is -1.30. The van der Waals surface area contributed by atoms with Crippen LogP contribution in [-0.2, 0) is 28.7 Å². The zero-order chi connectivity index (χ0) is 24.7. The van der Waals surface area contributed by atoms with Gasteiger partial charge in [-0.05, 0) is 32.1 Å². The van der Waals surface area contributed by atoms with Crippen LogP contribution in [-0.4, -0.2) is 67.0 Å². The van der Waals surface area contributed by atoms with Crippen molar-refractivity contribution in [3.8, 4) is 0 Å². The zero-order valence-electron chi connectivity index (χ0n) is 17.8. The Hall–Kier alpha value is -3.30. The molecule has 0 saturated carbocycles. The fraction of sp³-hybridized carbons (Fsp3) is 0.647. The number of esters is 4. The molecule has 0 aromatic heterocycles. The van der Waals surface area contributed by atoms with Crippen molar-refractivity contribution in [2.24, 2.45) is 50.1 Å². The van der Waals surface area contributed by atoms with E-state index in [-0.39, 0.29) is 50.7 Å². The average molecular weight is 460 g/mol. The minimum Gasteiger partial charge on any atom is -0.392 e. The molecule has 0 saturated heterocycles. The van der Waals surface area contributed by atoms with Gasteiger partial charge in [0, 0.05) is 19.5 Å². The third kappa shape index (κ3) is 13.8. The summed E-state index contributed by atoms with van der Waals surface area (Å²) >= 11 is 0. The number of guanidine groups is 2. The van der Waals surface area contributed by atoms with Gasteiger partial charge in [0.2, 0.25) is 0 Å². The molecule has 182 valence electrons. The Kier molecular flexibility index (Phi) is 13.9. The van der Waals surface area contributed by atoms with Crippen LogP contribution in [0.3, 0.4) is 0 Å². The molecule has 3 atom stereocenters. The van der Waals surface area contributed by atoms with Crippen molar-refractivity contribution >= 4 is 35.8 Å². The maximum absolute atomic E-state index is 11.9. The maximum Gasteiger partial charge on any atom is 0.330 e. The van der Waals surface area contributed by atoms with Crippen LogP contribution in [0, 0.1) is 0 Å². The number of ether oxygens (including phenoxy) is 2. The first kappa shape index (κ1) is 28.7. The molecule has 0 aliphatic heterocycles. The van der Waals surface area contributed by atoms with Gasteiger partial charge in [-0.2, -0.15) is 0 Å². The van der Waals surface area contributed by atoms with Gasteiger partial charge >= 0.3 is 23.9 Å². The lowest BCUT2D eigenvalue weighted by molar-refractivity contribution is -0.161. The van der Waals surface area contributed by atoms with Crippen LogP contribution in [0.1, 0.15) is 38.5 Å². The molecule has 0 aliphatic carbocycles. The van der Waals surface area contributed by atoms with E-state index in [2.05, 4.69) is 19.5 Å². The van der Waals surface area contributed by atoms with Crippen molar-refractivity contribution < 1.29 is 28.7 Å². The highest BCUT2D eigenvalue weighted by Crippen LogP contribution is 2.05. The Labute approximate surface area is 185 Å². The van der Waals surface area contributed by atoms with Crippen molar-refractivity contribution in [2.75, 3.05) is 13.1 Å². The summed E-state index contributed by atoms with van der Waals surface area (Å²) in [7, 11) is 0. The molecule has 0 rings (SSSR count). The normalized spacial score (nSPS) is 13.2. The van der Waals surface area contributed by atoms with Crippen molar-refractivity contribution in [1.82, 2.24) is 0 Å². The van der Waals surface area contributed by atoms with E-state index in [1.165, 1.54) is 0 Å². The van der Waals surface area contributed by atoms with Crippen molar-refractivity contribution in [3.05, 3.63) is 0 Å². The Balaban J connectivity index is 4.24. The Morgan fingerprint density at radius 1 is 0.625 bits per heavy atom. The topological polar surface area (TPSA) is 294 Å². The number of carbonyl (C=O) groups is 4. The molecule has 15 nitrogen and oxygen atoms in total. The summed E-state index contributed by atoms with van der Waals surface area (Å²) in [5.74, 6) is -4.08. The molecule has 14 N–H and O–H groups in total. The molecule has 0 heterocycles.